The summed E-state index contributed by atoms with van der Waals surface area (Å²) in [5, 5.41) is 8.90. The van der Waals surface area contributed by atoms with E-state index < -0.39 is 0 Å². The summed E-state index contributed by atoms with van der Waals surface area (Å²) in [4.78, 5) is 3.79. The van der Waals surface area contributed by atoms with E-state index in [4.69, 9.17) is 22.5 Å². The second kappa shape index (κ2) is 3.94. The van der Waals surface area contributed by atoms with Crippen LogP contribution >= 0.6 is 11.6 Å². The Morgan fingerprint density at radius 3 is 2.92 bits per heavy atom. The molecular weight excluding hydrogens is 178 g/mol. The third kappa shape index (κ3) is 2.41. The van der Waals surface area contributed by atoms with Gasteiger partial charge in [-0.05, 0) is 18.2 Å². The van der Waals surface area contributed by atoms with E-state index in [2.05, 4.69) is 4.99 Å². The average Bonchev–Trinajstić information content (AvgIpc) is 2.04. The maximum Gasteiger partial charge on any atom is 0.218 e. The van der Waals surface area contributed by atoms with Crippen molar-refractivity contribution in [2.45, 2.75) is 0 Å². The summed E-state index contributed by atoms with van der Waals surface area (Å²) in [7, 11) is 0. The maximum atomic E-state index is 8.33. The predicted octanol–water partition coefficient (Wildman–Crippen LogP) is 1.27. The molecule has 1 rings (SSSR count). The lowest BCUT2D eigenvalue weighted by Crippen LogP contribution is -2.27. The van der Waals surface area contributed by atoms with Crippen LogP contribution < -0.4 is 11.2 Å². The molecule has 0 saturated heterocycles. The molecule has 0 fully saturated rings. The van der Waals surface area contributed by atoms with Gasteiger partial charge in [0.15, 0.2) is 0 Å². The van der Waals surface area contributed by atoms with Crippen molar-refractivity contribution in [3.05, 3.63) is 29.3 Å². The van der Waals surface area contributed by atoms with Crippen molar-refractivity contribution in [1.29, 1.82) is 0 Å². The van der Waals surface area contributed by atoms with Crippen molar-refractivity contribution in [3.8, 4) is 0 Å². The highest BCUT2D eigenvalue weighted by Crippen LogP contribution is 2.17. The fourth-order valence-corrected chi connectivity index (χ4v) is 0.894. The first-order valence-corrected chi connectivity index (χ1v) is 3.60. The summed E-state index contributed by atoms with van der Waals surface area (Å²) in [5.74, 6) is -0.0720. The van der Waals surface area contributed by atoms with Gasteiger partial charge in [0.1, 0.15) is 0 Å². The predicted molar refractivity (Wildman–Crippen MR) is 47.7 cm³/mol. The molecule has 0 aliphatic heterocycles. The third-order valence-electron chi connectivity index (χ3n) is 1.17. The molecule has 0 bridgehead atoms. The highest BCUT2D eigenvalue weighted by Gasteiger charge is 1.92. The summed E-state index contributed by atoms with van der Waals surface area (Å²) in [6.45, 7) is 0. The number of rotatable bonds is 1. The Morgan fingerprint density at radius 1 is 1.58 bits per heavy atom. The number of nitrogens with zero attached hydrogens (tertiary/aromatic N) is 1. The van der Waals surface area contributed by atoms with Crippen molar-refractivity contribution < 1.29 is 5.21 Å². The van der Waals surface area contributed by atoms with Crippen LogP contribution in [0.2, 0.25) is 5.02 Å². The highest BCUT2D eigenvalue weighted by molar-refractivity contribution is 6.30. The molecule has 64 valence electrons. The number of nitrogens with one attached hydrogen (secondary N) is 1. The summed E-state index contributed by atoms with van der Waals surface area (Å²) >= 11 is 5.68. The van der Waals surface area contributed by atoms with Gasteiger partial charge in [0, 0.05) is 5.02 Å². The van der Waals surface area contributed by atoms with Crippen molar-refractivity contribution in [3.63, 3.8) is 0 Å². The number of hydroxylamine groups is 1. The Hall–Kier alpha value is -1.26. The molecule has 0 heterocycles. The number of guanidine groups is 1. The van der Waals surface area contributed by atoms with E-state index in [1.54, 1.807) is 29.7 Å². The van der Waals surface area contributed by atoms with Gasteiger partial charge in [-0.2, -0.15) is 0 Å². The molecule has 0 aliphatic rings. The van der Waals surface area contributed by atoms with Gasteiger partial charge >= 0.3 is 0 Å². The van der Waals surface area contributed by atoms with E-state index in [1.807, 2.05) is 0 Å². The zero-order chi connectivity index (χ0) is 8.97. The molecule has 5 heteroatoms. The Labute approximate surface area is 74.6 Å². The van der Waals surface area contributed by atoms with Gasteiger partial charge in [-0.3, -0.25) is 5.21 Å². The Balaban J connectivity index is 2.89. The van der Waals surface area contributed by atoms with Gasteiger partial charge in [-0.25, -0.2) is 10.5 Å². The van der Waals surface area contributed by atoms with E-state index in [9.17, 15) is 0 Å². The molecule has 0 radical (unpaired) electrons. The molecule has 1 aromatic rings. The molecular formula is C7H8ClN3O. The number of benzene rings is 1. The van der Waals surface area contributed by atoms with Crippen LogP contribution in [0.3, 0.4) is 0 Å². The first kappa shape index (κ1) is 8.83. The normalized spacial score (nSPS) is 11.3. The minimum absolute atomic E-state index is 0.0720. The lowest BCUT2D eigenvalue weighted by Gasteiger charge is -1.97. The van der Waals surface area contributed by atoms with Gasteiger partial charge in [0.25, 0.3) is 0 Å². The summed E-state index contributed by atoms with van der Waals surface area (Å²) in [5.41, 5.74) is 7.50. The van der Waals surface area contributed by atoms with Crippen LogP contribution in [0.4, 0.5) is 5.69 Å². The van der Waals surface area contributed by atoms with Gasteiger partial charge in [-0.15, -0.1) is 0 Å². The molecule has 1 aromatic carbocycles. The monoisotopic (exact) mass is 185 g/mol. The van der Waals surface area contributed by atoms with E-state index in [-0.39, 0.29) is 5.96 Å². The number of hydrogen-bond donors (Lipinski definition) is 3. The molecule has 0 spiro atoms. The number of halogens is 1. The van der Waals surface area contributed by atoms with Crippen molar-refractivity contribution in [2.24, 2.45) is 10.7 Å². The van der Waals surface area contributed by atoms with Crippen LogP contribution in [0, 0.1) is 0 Å². The Bertz CT molecular complexity index is 300. The molecule has 4 N–H and O–H groups in total. The molecule has 12 heavy (non-hydrogen) atoms. The van der Waals surface area contributed by atoms with Crippen molar-refractivity contribution >= 4 is 23.2 Å². The highest BCUT2D eigenvalue weighted by atomic mass is 35.5. The van der Waals surface area contributed by atoms with Crippen molar-refractivity contribution in [2.75, 3.05) is 0 Å². The number of nitrogens with two attached hydrogens (primary N) is 1. The largest absolute Gasteiger partial charge is 0.368 e. The first-order chi connectivity index (χ1) is 5.72. The fraction of sp³-hybridized carbons (Fsp3) is 0. The smallest absolute Gasteiger partial charge is 0.218 e. The topological polar surface area (TPSA) is 70.6 Å². The van der Waals surface area contributed by atoms with E-state index >= 15 is 0 Å². The number of aliphatic imine (C=N–C) groups is 1. The molecule has 0 amide bonds. The minimum atomic E-state index is -0.0720. The van der Waals surface area contributed by atoms with Crippen LogP contribution in [-0.2, 0) is 0 Å². The average molecular weight is 186 g/mol. The fourth-order valence-electron chi connectivity index (χ4n) is 0.710. The second-order valence-corrected chi connectivity index (χ2v) is 2.53. The van der Waals surface area contributed by atoms with Crippen LogP contribution in [-0.4, -0.2) is 11.2 Å². The van der Waals surface area contributed by atoms with Gasteiger partial charge in [0.2, 0.25) is 5.96 Å². The van der Waals surface area contributed by atoms with E-state index in [0.29, 0.717) is 10.7 Å². The molecule has 4 nitrogen and oxygen atoms in total. The SMILES string of the molecule is NC(=Nc1cccc(Cl)c1)NO. The number of hydrogen-bond acceptors (Lipinski definition) is 2. The lowest BCUT2D eigenvalue weighted by atomic mass is 10.3. The van der Waals surface area contributed by atoms with E-state index in [1.165, 1.54) is 0 Å². The Kier molecular flexibility index (Phi) is 2.90. The van der Waals surface area contributed by atoms with Crippen LogP contribution in [0.15, 0.2) is 29.3 Å². The minimum Gasteiger partial charge on any atom is -0.368 e. The summed E-state index contributed by atoms with van der Waals surface area (Å²) < 4.78 is 0. The van der Waals surface area contributed by atoms with Crippen LogP contribution in [0.1, 0.15) is 0 Å². The van der Waals surface area contributed by atoms with Gasteiger partial charge < -0.3 is 5.73 Å². The summed E-state index contributed by atoms with van der Waals surface area (Å²) in [6, 6.07) is 6.82. The van der Waals surface area contributed by atoms with Crippen molar-refractivity contribution in [1.82, 2.24) is 5.48 Å². The molecule has 0 aromatic heterocycles. The van der Waals surface area contributed by atoms with E-state index in [0.717, 1.165) is 0 Å². The molecule has 0 unspecified atom stereocenters. The molecule has 0 atom stereocenters. The first-order valence-electron chi connectivity index (χ1n) is 3.22. The second-order valence-electron chi connectivity index (χ2n) is 2.09. The van der Waals surface area contributed by atoms with Crippen LogP contribution in [0.5, 0.6) is 0 Å². The quantitative estimate of drug-likeness (QED) is 0.351. The third-order valence-corrected chi connectivity index (χ3v) is 1.41. The van der Waals surface area contributed by atoms with Gasteiger partial charge in [0.05, 0.1) is 5.69 Å². The summed E-state index contributed by atoms with van der Waals surface area (Å²) in [6.07, 6.45) is 0. The zero-order valence-electron chi connectivity index (χ0n) is 6.16. The standard InChI is InChI=1S/C7H8ClN3O/c8-5-2-1-3-6(4-5)10-7(9)11-12/h1-4,12H,(H3,9,10,11). The lowest BCUT2D eigenvalue weighted by molar-refractivity contribution is 0.233. The maximum absolute atomic E-state index is 8.33. The zero-order valence-corrected chi connectivity index (χ0v) is 6.92. The van der Waals surface area contributed by atoms with Gasteiger partial charge in [-0.1, -0.05) is 17.7 Å². The molecule has 0 aliphatic carbocycles. The Morgan fingerprint density at radius 2 is 2.33 bits per heavy atom. The van der Waals surface area contributed by atoms with Crippen LogP contribution in [0.25, 0.3) is 0 Å². The molecule has 0 saturated carbocycles.